The van der Waals surface area contributed by atoms with Crippen molar-refractivity contribution in [2.75, 3.05) is 0 Å². The van der Waals surface area contributed by atoms with Gasteiger partial charge in [-0.3, -0.25) is 18.1 Å². The van der Waals surface area contributed by atoms with E-state index in [0.29, 0.717) is 0 Å². The highest BCUT2D eigenvalue weighted by Gasteiger charge is 2.58. The molecule has 0 heterocycles. The highest BCUT2D eigenvalue weighted by molar-refractivity contribution is 7.47. The Hall–Kier alpha value is 0.360. The maximum absolute atomic E-state index is 11.1. The third kappa shape index (κ3) is 8.62. The number of rotatable bonds is 8. The van der Waals surface area contributed by atoms with Crippen molar-refractivity contribution in [3.05, 3.63) is 0 Å². The first-order valence-corrected chi connectivity index (χ1v) is 12.6. The standard InChI is InChI=1S/C6H16O18P4/c7-1-2(8)4(22-26(12,13)14)6(24-28(18,19)20)5(23-27(15,16)17)3(1)21-25(9,10)11/h1-8H,(H2,9,10,11)(H2,12,13,14)(H2,15,16,17)(H2,18,19,20)/t1-,2-,3-,4-,5+,6+/m1/s1. The highest BCUT2D eigenvalue weighted by atomic mass is 31.2. The minimum atomic E-state index is -5.67. The van der Waals surface area contributed by atoms with E-state index >= 15 is 0 Å². The van der Waals surface area contributed by atoms with Crippen LogP contribution in [0.5, 0.6) is 0 Å². The molecule has 0 aromatic rings. The van der Waals surface area contributed by atoms with Gasteiger partial charge in [-0.25, -0.2) is 18.3 Å². The molecule has 0 radical (unpaired) electrons. The maximum Gasteiger partial charge on any atom is 0.470 e. The zero-order chi connectivity index (χ0) is 22.3. The number of phosphoric acid groups is 4. The fraction of sp³-hybridized carbons (Fsp3) is 1.00. The third-order valence-corrected chi connectivity index (χ3v) is 5.10. The fourth-order valence-corrected chi connectivity index (χ4v) is 4.51. The van der Waals surface area contributed by atoms with Crippen LogP contribution in [-0.2, 0) is 36.4 Å². The van der Waals surface area contributed by atoms with E-state index in [1.165, 1.54) is 0 Å². The summed E-state index contributed by atoms with van der Waals surface area (Å²) in [5.74, 6) is 0. The average molecular weight is 500 g/mol. The van der Waals surface area contributed by atoms with Crippen LogP contribution < -0.4 is 0 Å². The number of aliphatic hydroxyl groups excluding tert-OH is 2. The molecule has 0 aromatic heterocycles. The lowest BCUT2D eigenvalue weighted by Crippen LogP contribution is -2.65. The molecule has 1 saturated carbocycles. The molecule has 10 N–H and O–H groups in total. The number of aliphatic hydroxyl groups is 2. The van der Waals surface area contributed by atoms with Gasteiger partial charge in [0.25, 0.3) is 0 Å². The summed E-state index contributed by atoms with van der Waals surface area (Å²) in [5.41, 5.74) is 0. The Labute approximate surface area is 154 Å². The molecule has 18 nitrogen and oxygen atoms in total. The third-order valence-electron chi connectivity index (χ3n) is 3.03. The number of phosphoric ester groups is 4. The molecule has 1 rings (SSSR count). The van der Waals surface area contributed by atoms with E-state index in [1.807, 2.05) is 0 Å². The van der Waals surface area contributed by atoms with Crippen molar-refractivity contribution in [2.24, 2.45) is 0 Å². The summed E-state index contributed by atoms with van der Waals surface area (Å²) in [6, 6.07) is 0. The van der Waals surface area contributed by atoms with Gasteiger partial charge in [0.2, 0.25) is 0 Å². The number of hydrogen-bond acceptors (Lipinski definition) is 10. The van der Waals surface area contributed by atoms with Crippen LogP contribution in [0.2, 0.25) is 0 Å². The monoisotopic (exact) mass is 500 g/mol. The van der Waals surface area contributed by atoms with E-state index in [9.17, 15) is 28.5 Å². The normalized spacial score (nSPS) is 33.1. The largest absolute Gasteiger partial charge is 0.470 e. The molecule has 0 saturated heterocycles. The average Bonchev–Trinajstić information content (AvgIpc) is 2.39. The Morgan fingerprint density at radius 3 is 0.786 bits per heavy atom. The first-order chi connectivity index (χ1) is 12.2. The van der Waals surface area contributed by atoms with E-state index in [1.54, 1.807) is 0 Å². The van der Waals surface area contributed by atoms with Crippen molar-refractivity contribution in [2.45, 2.75) is 36.6 Å². The molecule has 22 heteroatoms. The molecular weight excluding hydrogens is 484 g/mol. The number of hydrogen-bond donors (Lipinski definition) is 10. The Morgan fingerprint density at radius 1 is 0.429 bits per heavy atom. The van der Waals surface area contributed by atoms with Gasteiger partial charge in [-0.05, 0) is 0 Å². The smallest absolute Gasteiger partial charge is 0.387 e. The SMILES string of the molecule is O=P(O)(O)O[C@@H]1[C@@H](OP(=O)(O)O)[C@H](OP(=O)(O)O)[C@H](O)[C@@H](O)[C@H]1OP(=O)(O)O. The topological polar surface area (TPSA) is 308 Å². The molecule has 0 spiro atoms. The minimum Gasteiger partial charge on any atom is -0.387 e. The summed E-state index contributed by atoms with van der Waals surface area (Å²) >= 11 is 0. The van der Waals surface area contributed by atoms with Gasteiger partial charge in [0.1, 0.15) is 36.6 Å². The van der Waals surface area contributed by atoms with Crippen LogP contribution >= 0.6 is 31.3 Å². The molecule has 6 atom stereocenters. The lowest BCUT2D eigenvalue weighted by atomic mass is 9.85. The van der Waals surface area contributed by atoms with E-state index in [4.69, 9.17) is 39.1 Å². The maximum atomic E-state index is 11.1. The van der Waals surface area contributed by atoms with E-state index in [-0.39, 0.29) is 0 Å². The first-order valence-electron chi connectivity index (χ1n) is 6.52. The zero-order valence-electron chi connectivity index (χ0n) is 13.0. The summed E-state index contributed by atoms with van der Waals surface area (Å²) in [6.45, 7) is 0. The molecule has 168 valence electrons. The van der Waals surface area contributed by atoms with Gasteiger partial charge in [0.05, 0.1) is 0 Å². The van der Waals surface area contributed by atoms with Crippen LogP contribution in [0.1, 0.15) is 0 Å². The molecule has 0 bridgehead atoms. The summed E-state index contributed by atoms with van der Waals surface area (Å²) in [4.78, 5) is 71.1. The molecule has 0 amide bonds. The van der Waals surface area contributed by atoms with Crippen molar-refractivity contribution in [1.29, 1.82) is 0 Å². The van der Waals surface area contributed by atoms with Gasteiger partial charge in [0, 0.05) is 0 Å². The summed E-state index contributed by atoms with van der Waals surface area (Å²) < 4.78 is 60.6. The van der Waals surface area contributed by atoms with Gasteiger partial charge in [-0.2, -0.15) is 0 Å². The van der Waals surface area contributed by atoms with Gasteiger partial charge in [-0.1, -0.05) is 0 Å². The summed E-state index contributed by atoms with van der Waals surface area (Å²) in [7, 11) is -22.5. The Balaban J connectivity index is 3.53. The molecule has 0 aromatic carbocycles. The van der Waals surface area contributed by atoms with Crippen LogP contribution in [-0.4, -0.2) is 86.0 Å². The molecule has 0 unspecified atom stereocenters. The van der Waals surface area contributed by atoms with Crippen LogP contribution in [0, 0.1) is 0 Å². The Morgan fingerprint density at radius 2 is 0.607 bits per heavy atom. The van der Waals surface area contributed by atoms with Crippen molar-refractivity contribution in [3.63, 3.8) is 0 Å². The second-order valence-electron chi connectivity index (χ2n) is 5.22. The molecule has 28 heavy (non-hydrogen) atoms. The van der Waals surface area contributed by atoms with Gasteiger partial charge < -0.3 is 49.4 Å². The van der Waals surface area contributed by atoms with E-state index < -0.39 is 67.9 Å². The van der Waals surface area contributed by atoms with Crippen LogP contribution in [0.25, 0.3) is 0 Å². The fourth-order valence-electron chi connectivity index (χ4n) is 2.27. The van der Waals surface area contributed by atoms with Crippen molar-refractivity contribution in [1.82, 2.24) is 0 Å². The Bertz CT molecular complexity index is 664. The summed E-state index contributed by atoms with van der Waals surface area (Å²) in [5, 5.41) is 19.8. The van der Waals surface area contributed by atoms with E-state index in [2.05, 4.69) is 18.1 Å². The summed E-state index contributed by atoms with van der Waals surface area (Å²) in [6.07, 6.45) is -15.9. The zero-order valence-corrected chi connectivity index (χ0v) is 16.6. The Kier molecular flexibility index (Phi) is 8.34. The molecule has 1 aliphatic rings. The second-order valence-corrected chi connectivity index (χ2v) is 9.99. The molecule has 0 aliphatic heterocycles. The van der Waals surface area contributed by atoms with Crippen molar-refractivity contribution in [3.8, 4) is 0 Å². The van der Waals surface area contributed by atoms with Crippen LogP contribution in [0.4, 0.5) is 0 Å². The first kappa shape index (κ1) is 26.4. The predicted octanol–water partition coefficient (Wildman–Crippen LogP) is -3.37. The lowest BCUT2D eigenvalue weighted by molar-refractivity contribution is -0.209. The van der Waals surface area contributed by atoms with Crippen molar-refractivity contribution < 1.29 is 85.7 Å². The minimum absolute atomic E-state index is 2.60. The van der Waals surface area contributed by atoms with Gasteiger partial charge >= 0.3 is 31.3 Å². The quantitative estimate of drug-likeness (QED) is 0.145. The lowest BCUT2D eigenvalue weighted by Gasteiger charge is -2.45. The molecular formula is C6H16O18P4. The molecule has 1 fully saturated rings. The second kappa shape index (κ2) is 8.85. The van der Waals surface area contributed by atoms with Crippen molar-refractivity contribution >= 4 is 31.3 Å². The van der Waals surface area contributed by atoms with Crippen LogP contribution in [0.3, 0.4) is 0 Å². The van der Waals surface area contributed by atoms with Gasteiger partial charge in [0.15, 0.2) is 0 Å². The van der Waals surface area contributed by atoms with Gasteiger partial charge in [-0.15, -0.1) is 0 Å². The predicted molar refractivity (Wildman–Crippen MR) is 79.7 cm³/mol. The molecule has 1 aliphatic carbocycles. The van der Waals surface area contributed by atoms with Crippen LogP contribution in [0.15, 0.2) is 0 Å². The van der Waals surface area contributed by atoms with E-state index in [0.717, 1.165) is 0 Å². The highest BCUT2D eigenvalue weighted by Crippen LogP contribution is 2.52.